The van der Waals surface area contributed by atoms with E-state index in [1.54, 1.807) is 14.2 Å². The molecule has 1 aliphatic rings. The van der Waals surface area contributed by atoms with Crippen LogP contribution in [0.15, 0.2) is 54.7 Å². The van der Waals surface area contributed by atoms with Gasteiger partial charge in [0.2, 0.25) is 0 Å². The number of halogens is 1. The molecule has 0 spiro atoms. The van der Waals surface area contributed by atoms with E-state index in [-0.39, 0.29) is 5.92 Å². The highest BCUT2D eigenvalue weighted by Gasteiger charge is 2.26. The summed E-state index contributed by atoms with van der Waals surface area (Å²) in [5.74, 6) is 1.41. The number of fused-ring (bicyclic) bond motifs is 3. The molecule has 0 saturated heterocycles. The number of methoxy groups -OCH3 is 2. The molecule has 0 bridgehead atoms. The zero-order valence-electron chi connectivity index (χ0n) is 14.7. The predicted octanol–water partition coefficient (Wildman–Crippen LogP) is 4.81. The van der Waals surface area contributed by atoms with Gasteiger partial charge in [0.1, 0.15) is 0 Å². The van der Waals surface area contributed by atoms with Crippen LogP contribution in [0.2, 0.25) is 5.02 Å². The smallest absolute Gasteiger partial charge is 0.164 e. The number of para-hydroxylation sites is 1. The van der Waals surface area contributed by atoms with Gasteiger partial charge in [-0.3, -0.25) is 0 Å². The van der Waals surface area contributed by atoms with Crippen LogP contribution in [-0.2, 0) is 11.3 Å². The molecule has 1 aliphatic heterocycles. The minimum Gasteiger partial charge on any atom is -0.493 e. The fourth-order valence-electron chi connectivity index (χ4n) is 3.61. The molecule has 3 aromatic rings. The number of nitrogens with zero attached hydrogens (tertiary/aromatic N) is 1. The Morgan fingerprint density at radius 3 is 2.73 bits per heavy atom. The molecule has 0 saturated carbocycles. The molecule has 1 atom stereocenters. The monoisotopic (exact) mass is 369 g/mol. The Labute approximate surface area is 157 Å². The van der Waals surface area contributed by atoms with Crippen molar-refractivity contribution in [3.05, 3.63) is 76.6 Å². The summed E-state index contributed by atoms with van der Waals surface area (Å²) >= 11 is 6.35. The van der Waals surface area contributed by atoms with E-state index in [4.69, 9.17) is 25.8 Å². The molecule has 134 valence electrons. The number of benzene rings is 2. The summed E-state index contributed by atoms with van der Waals surface area (Å²) in [5, 5.41) is 0.699. The number of ether oxygens (including phenoxy) is 3. The Kier molecular flexibility index (Phi) is 4.62. The van der Waals surface area contributed by atoms with Gasteiger partial charge in [0.15, 0.2) is 11.5 Å². The zero-order valence-corrected chi connectivity index (χ0v) is 15.5. The van der Waals surface area contributed by atoms with Gasteiger partial charge in [0.25, 0.3) is 0 Å². The second-order valence-electron chi connectivity index (χ2n) is 6.22. The van der Waals surface area contributed by atoms with Gasteiger partial charge < -0.3 is 18.8 Å². The van der Waals surface area contributed by atoms with Crippen molar-refractivity contribution in [2.24, 2.45) is 0 Å². The molecule has 1 aromatic heterocycles. The lowest BCUT2D eigenvalue weighted by atomic mass is 9.89. The van der Waals surface area contributed by atoms with Crippen LogP contribution >= 0.6 is 11.6 Å². The van der Waals surface area contributed by atoms with Gasteiger partial charge in [0.05, 0.1) is 27.4 Å². The Morgan fingerprint density at radius 2 is 1.92 bits per heavy atom. The minimum absolute atomic E-state index is 0.0238. The lowest BCUT2D eigenvalue weighted by Gasteiger charge is -2.27. The summed E-state index contributed by atoms with van der Waals surface area (Å²) in [5.41, 5.74) is 4.34. The van der Waals surface area contributed by atoms with Crippen molar-refractivity contribution in [1.82, 2.24) is 4.57 Å². The Bertz CT molecular complexity index is 935. The maximum Gasteiger partial charge on any atom is 0.164 e. The third-order valence-electron chi connectivity index (χ3n) is 4.80. The molecular formula is C21H20ClNO3. The van der Waals surface area contributed by atoms with Gasteiger partial charge in [-0.1, -0.05) is 23.7 Å². The number of rotatable bonds is 3. The molecule has 4 rings (SSSR count). The average molecular weight is 370 g/mol. The van der Waals surface area contributed by atoms with Crippen molar-refractivity contribution in [1.29, 1.82) is 0 Å². The lowest BCUT2D eigenvalue weighted by molar-refractivity contribution is 0.108. The highest BCUT2D eigenvalue weighted by molar-refractivity contribution is 6.30. The first-order valence-electron chi connectivity index (χ1n) is 8.47. The second kappa shape index (κ2) is 7.06. The van der Waals surface area contributed by atoms with E-state index in [2.05, 4.69) is 29.0 Å². The third-order valence-corrected chi connectivity index (χ3v) is 5.04. The molecule has 0 amide bonds. The molecule has 0 radical (unpaired) electrons. The van der Waals surface area contributed by atoms with E-state index in [0.717, 1.165) is 28.3 Å². The number of hydrogen-bond acceptors (Lipinski definition) is 3. The molecule has 0 fully saturated rings. The fraction of sp³-hybridized carbons (Fsp3) is 0.238. The molecule has 5 heteroatoms. The second-order valence-corrected chi connectivity index (χ2v) is 6.66. The highest BCUT2D eigenvalue weighted by atomic mass is 35.5. The Morgan fingerprint density at radius 1 is 1.04 bits per heavy atom. The summed E-state index contributed by atoms with van der Waals surface area (Å²) in [4.78, 5) is 0. The SMILES string of the molecule is COc1cccc(C2COCc3cccn3-c3ccc(Cl)cc32)c1OC. The van der Waals surface area contributed by atoms with Crippen molar-refractivity contribution >= 4 is 11.6 Å². The van der Waals surface area contributed by atoms with Gasteiger partial charge in [-0.2, -0.15) is 0 Å². The van der Waals surface area contributed by atoms with E-state index in [1.807, 2.05) is 30.3 Å². The van der Waals surface area contributed by atoms with E-state index in [1.165, 1.54) is 0 Å². The minimum atomic E-state index is -0.0238. The van der Waals surface area contributed by atoms with Crippen molar-refractivity contribution in [2.75, 3.05) is 20.8 Å². The van der Waals surface area contributed by atoms with Gasteiger partial charge in [0, 0.05) is 34.1 Å². The first-order valence-corrected chi connectivity index (χ1v) is 8.85. The average Bonchev–Trinajstić information content (AvgIpc) is 3.10. The summed E-state index contributed by atoms with van der Waals surface area (Å²) in [6.07, 6.45) is 2.05. The van der Waals surface area contributed by atoms with Gasteiger partial charge in [-0.25, -0.2) is 0 Å². The van der Waals surface area contributed by atoms with Crippen molar-refractivity contribution in [3.8, 4) is 17.2 Å². The van der Waals surface area contributed by atoms with E-state index < -0.39 is 0 Å². The van der Waals surface area contributed by atoms with Crippen LogP contribution in [0.3, 0.4) is 0 Å². The maximum atomic E-state index is 6.35. The first-order chi connectivity index (χ1) is 12.7. The van der Waals surface area contributed by atoms with Crippen LogP contribution in [0, 0.1) is 0 Å². The lowest BCUT2D eigenvalue weighted by Crippen LogP contribution is -2.18. The Hall–Kier alpha value is -2.43. The number of aromatic nitrogens is 1. The quantitative estimate of drug-likeness (QED) is 0.664. The summed E-state index contributed by atoms with van der Waals surface area (Å²) in [6.45, 7) is 1.08. The third kappa shape index (κ3) is 2.85. The van der Waals surface area contributed by atoms with Gasteiger partial charge in [-0.15, -0.1) is 0 Å². The van der Waals surface area contributed by atoms with Crippen LogP contribution < -0.4 is 9.47 Å². The topological polar surface area (TPSA) is 32.6 Å². The highest BCUT2D eigenvalue weighted by Crippen LogP contribution is 2.41. The molecule has 0 aliphatic carbocycles. The van der Waals surface area contributed by atoms with Crippen molar-refractivity contribution in [2.45, 2.75) is 12.5 Å². The van der Waals surface area contributed by atoms with Gasteiger partial charge >= 0.3 is 0 Å². The van der Waals surface area contributed by atoms with Crippen LogP contribution in [0.4, 0.5) is 0 Å². The predicted molar refractivity (Wildman–Crippen MR) is 102 cm³/mol. The van der Waals surface area contributed by atoms with Crippen molar-refractivity contribution < 1.29 is 14.2 Å². The summed E-state index contributed by atoms with van der Waals surface area (Å²) < 4.78 is 19.3. The van der Waals surface area contributed by atoms with Crippen molar-refractivity contribution in [3.63, 3.8) is 0 Å². The van der Waals surface area contributed by atoms with Gasteiger partial charge in [-0.05, 0) is 42.0 Å². The Balaban J connectivity index is 1.94. The fourth-order valence-corrected chi connectivity index (χ4v) is 3.79. The van der Waals surface area contributed by atoms with E-state index in [9.17, 15) is 0 Å². The maximum absolute atomic E-state index is 6.35. The molecule has 2 aromatic carbocycles. The summed E-state index contributed by atoms with van der Waals surface area (Å²) in [7, 11) is 3.31. The molecular weight excluding hydrogens is 350 g/mol. The molecule has 1 unspecified atom stereocenters. The molecule has 0 N–H and O–H groups in total. The van der Waals surface area contributed by atoms with Crippen LogP contribution in [0.5, 0.6) is 11.5 Å². The zero-order chi connectivity index (χ0) is 18.1. The largest absolute Gasteiger partial charge is 0.493 e. The standard InChI is InChI=1S/C21H20ClNO3/c1-24-20-7-3-6-16(21(20)25-2)18-13-26-12-15-5-4-10-23(15)19-9-8-14(22)11-17(18)19/h3-11,18H,12-13H2,1-2H3. The van der Waals surface area contributed by atoms with Crippen LogP contribution in [0.1, 0.15) is 22.7 Å². The van der Waals surface area contributed by atoms with E-state index >= 15 is 0 Å². The van der Waals surface area contributed by atoms with E-state index in [0.29, 0.717) is 24.0 Å². The normalized spacial score (nSPS) is 16.2. The molecule has 26 heavy (non-hydrogen) atoms. The molecule has 2 heterocycles. The number of hydrogen-bond donors (Lipinski definition) is 0. The summed E-state index contributed by atoms with van der Waals surface area (Å²) in [6, 6.07) is 16.0. The van der Waals surface area contributed by atoms with Crippen LogP contribution in [0.25, 0.3) is 5.69 Å². The first kappa shape index (κ1) is 17.0. The van der Waals surface area contributed by atoms with Crippen LogP contribution in [-0.4, -0.2) is 25.4 Å². The molecule has 4 nitrogen and oxygen atoms in total.